The van der Waals surface area contributed by atoms with Crippen LogP contribution in [0.3, 0.4) is 0 Å². The fourth-order valence-electron chi connectivity index (χ4n) is 1.79. The second-order valence-corrected chi connectivity index (χ2v) is 3.63. The van der Waals surface area contributed by atoms with Crippen LogP contribution in [0.2, 0.25) is 5.82 Å². The van der Waals surface area contributed by atoms with E-state index < -0.39 is 7.12 Å². The summed E-state index contributed by atoms with van der Waals surface area (Å²) in [5, 5.41) is 18.3. The van der Waals surface area contributed by atoms with Gasteiger partial charge in [-0.15, -0.1) is 0 Å². The molecule has 80 valence electrons. The lowest BCUT2D eigenvalue weighted by atomic mass is 9.68. The third kappa shape index (κ3) is 2.18. The molecule has 1 heterocycles. The van der Waals surface area contributed by atoms with E-state index in [4.69, 9.17) is 10.0 Å². The van der Waals surface area contributed by atoms with E-state index in [1.807, 2.05) is 0 Å². The van der Waals surface area contributed by atoms with E-state index >= 15 is 0 Å². The maximum atomic E-state index is 12.7. The fraction of sp³-hybridized carbons (Fsp3) is 0.333. The molecule has 2 atom stereocenters. The summed E-state index contributed by atoms with van der Waals surface area (Å²) in [4.78, 5) is 0. The Labute approximate surface area is 87.2 Å². The predicted molar refractivity (Wildman–Crippen MR) is 54.2 cm³/mol. The summed E-state index contributed by atoms with van der Waals surface area (Å²) in [5.74, 6) is -0.624. The molecule has 1 saturated heterocycles. The van der Waals surface area contributed by atoms with Crippen molar-refractivity contribution in [2.75, 3.05) is 6.54 Å². The molecule has 2 rings (SSSR count). The van der Waals surface area contributed by atoms with E-state index in [9.17, 15) is 4.39 Å². The van der Waals surface area contributed by atoms with Crippen molar-refractivity contribution < 1.29 is 14.4 Å². The lowest BCUT2D eigenvalue weighted by molar-refractivity contribution is 0.378. The molecule has 4 N–H and O–H groups in total. The minimum atomic E-state index is -1.39. The van der Waals surface area contributed by atoms with Crippen LogP contribution < -0.4 is 10.9 Å². The van der Waals surface area contributed by atoms with Gasteiger partial charge in [-0.25, -0.2) is 4.39 Å². The van der Waals surface area contributed by atoms with Crippen LogP contribution in [-0.2, 0) is 0 Å². The molecule has 1 aromatic rings. The quantitative estimate of drug-likeness (QED) is 0.511. The standard InChI is InChI=1S/C9H12BFN2O2/c11-7-3-1-6(2-4-7)9-8(10(14)15)5-12-13-9/h1-4,8-9,12-15H,5H2/t8-,9-/m1/s1. The Morgan fingerprint density at radius 1 is 1.27 bits per heavy atom. The number of hydrogen-bond donors (Lipinski definition) is 4. The van der Waals surface area contributed by atoms with E-state index in [1.165, 1.54) is 12.1 Å². The van der Waals surface area contributed by atoms with E-state index in [-0.39, 0.29) is 17.7 Å². The molecule has 0 amide bonds. The summed E-state index contributed by atoms with van der Waals surface area (Å²) in [6.45, 7) is 0.472. The number of benzene rings is 1. The maximum absolute atomic E-state index is 12.7. The monoisotopic (exact) mass is 210 g/mol. The van der Waals surface area contributed by atoms with E-state index in [2.05, 4.69) is 10.9 Å². The first-order chi connectivity index (χ1) is 7.18. The normalized spacial score (nSPS) is 25.5. The molecule has 1 aromatic carbocycles. The average Bonchev–Trinajstić information content (AvgIpc) is 2.67. The molecule has 1 aliphatic rings. The molecule has 15 heavy (non-hydrogen) atoms. The summed E-state index contributed by atoms with van der Waals surface area (Å²) in [7, 11) is -1.39. The van der Waals surface area contributed by atoms with E-state index in [1.54, 1.807) is 12.1 Å². The Morgan fingerprint density at radius 3 is 2.53 bits per heavy atom. The van der Waals surface area contributed by atoms with Gasteiger partial charge < -0.3 is 10.0 Å². The summed E-state index contributed by atoms with van der Waals surface area (Å²) in [5.41, 5.74) is 6.62. The molecule has 0 saturated carbocycles. The van der Waals surface area contributed by atoms with Crippen molar-refractivity contribution in [1.82, 2.24) is 10.9 Å². The Morgan fingerprint density at radius 2 is 1.93 bits per heavy atom. The van der Waals surface area contributed by atoms with Crippen molar-refractivity contribution in [3.8, 4) is 0 Å². The molecule has 0 aromatic heterocycles. The average molecular weight is 210 g/mol. The van der Waals surface area contributed by atoms with Crippen LogP contribution in [-0.4, -0.2) is 23.7 Å². The van der Waals surface area contributed by atoms with Gasteiger partial charge in [0.15, 0.2) is 0 Å². The van der Waals surface area contributed by atoms with Gasteiger partial charge in [-0.05, 0) is 17.7 Å². The minimum Gasteiger partial charge on any atom is -0.427 e. The van der Waals surface area contributed by atoms with Gasteiger partial charge in [0.1, 0.15) is 5.82 Å². The van der Waals surface area contributed by atoms with Gasteiger partial charge in [0.05, 0.1) is 0 Å². The van der Waals surface area contributed by atoms with Crippen LogP contribution in [0.5, 0.6) is 0 Å². The minimum absolute atomic E-state index is 0.203. The van der Waals surface area contributed by atoms with Crippen molar-refractivity contribution in [3.63, 3.8) is 0 Å². The first kappa shape index (κ1) is 10.6. The first-order valence-electron chi connectivity index (χ1n) is 4.78. The van der Waals surface area contributed by atoms with Crippen LogP contribution in [0, 0.1) is 5.82 Å². The molecule has 0 spiro atoms. The SMILES string of the molecule is OB(O)[C@@H]1CNN[C@@H]1c1ccc(F)cc1. The Kier molecular flexibility index (Phi) is 3.02. The van der Waals surface area contributed by atoms with Gasteiger partial charge in [0.25, 0.3) is 0 Å². The number of rotatable bonds is 2. The van der Waals surface area contributed by atoms with Crippen molar-refractivity contribution in [2.24, 2.45) is 0 Å². The molecule has 1 aliphatic heterocycles. The third-order valence-electron chi connectivity index (χ3n) is 2.64. The van der Waals surface area contributed by atoms with Crippen molar-refractivity contribution >= 4 is 7.12 Å². The lowest BCUT2D eigenvalue weighted by Gasteiger charge is -2.17. The van der Waals surface area contributed by atoms with Gasteiger partial charge in [-0.2, -0.15) is 0 Å². The first-order valence-corrected chi connectivity index (χ1v) is 4.78. The molecular weight excluding hydrogens is 198 g/mol. The van der Waals surface area contributed by atoms with E-state index in [0.29, 0.717) is 6.54 Å². The van der Waals surface area contributed by atoms with E-state index in [0.717, 1.165) is 5.56 Å². The molecule has 4 nitrogen and oxygen atoms in total. The van der Waals surface area contributed by atoms with Crippen LogP contribution in [0.25, 0.3) is 0 Å². The predicted octanol–water partition coefficient (Wildman–Crippen LogP) is -0.182. The topological polar surface area (TPSA) is 64.5 Å². The smallest absolute Gasteiger partial charge is 0.427 e. The molecule has 0 aliphatic carbocycles. The molecule has 0 bridgehead atoms. The molecule has 0 radical (unpaired) electrons. The van der Waals surface area contributed by atoms with Crippen LogP contribution in [0.1, 0.15) is 11.6 Å². The number of nitrogens with one attached hydrogen (secondary N) is 2. The fourth-order valence-corrected chi connectivity index (χ4v) is 1.79. The van der Waals surface area contributed by atoms with Gasteiger partial charge in [-0.3, -0.25) is 10.9 Å². The zero-order valence-corrected chi connectivity index (χ0v) is 8.02. The number of halogens is 1. The van der Waals surface area contributed by atoms with Crippen LogP contribution in [0.4, 0.5) is 4.39 Å². The highest BCUT2D eigenvalue weighted by atomic mass is 19.1. The van der Waals surface area contributed by atoms with Gasteiger partial charge in [0, 0.05) is 18.4 Å². The van der Waals surface area contributed by atoms with Crippen molar-refractivity contribution in [3.05, 3.63) is 35.6 Å². The summed E-state index contributed by atoms with van der Waals surface area (Å²) in [6.07, 6.45) is 0. The molecular formula is C9H12BFN2O2. The van der Waals surface area contributed by atoms with Gasteiger partial charge in [-0.1, -0.05) is 12.1 Å². The Bertz CT molecular complexity index is 333. The summed E-state index contributed by atoms with van der Waals surface area (Å²) < 4.78 is 12.7. The molecule has 0 unspecified atom stereocenters. The second kappa shape index (κ2) is 4.28. The highest BCUT2D eigenvalue weighted by Gasteiger charge is 2.36. The Balaban J connectivity index is 2.19. The summed E-state index contributed by atoms with van der Waals surface area (Å²) >= 11 is 0. The zero-order valence-electron chi connectivity index (χ0n) is 8.02. The van der Waals surface area contributed by atoms with Crippen LogP contribution in [0.15, 0.2) is 24.3 Å². The lowest BCUT2D eigenvalue weighted by Crippen LogP contribution is -2.27. The van der Waals surface area contributed by atoms with Gasteiger partial charge >= 0.3 is 7.12 Å². The molecule has 1 fully saturated rings. The summed E-state index contributed by atoms with van der Waals surface area (Å²) in [6, 6.07) is 5.78. The third-order valence-corrected chi connectivity index (χ3v) is 2.64. The maximum Gasteiger partial charge on any atom is 0.458 e. The second-order valence-electron chi connectivity index (χ2n) is 3.63. The van der Waals surface area contributed by atoms with Gasteiger partial charge in [0.2, 0.25) is 0 Å². The number of hydrazine groups is 1. The van der Waals surface area contributed by atoms with Crippen molar-refractivity contribution in [2.45, 2.75) is 11.9 Å². The zero-order chi connectivity index (χ0) is 10.8. The number of hydrogen-bond acceptors (Lipinski definition) is 4. The molecule has 6 heteroatoms. The van der Waals surface area contributed by atoms with Crippen molar-refractivity contribution in [1.29, 1.82) is 0 Å². The highest BCUT2D eigenvalue weighted by Crippen LogP contribution is 2.30. The Hall–Kier alpha value is -0.945. The largest absolute Gasteiger partial charge is 0.458 e. The van der Waals surface area contributed by atoms with Crippen LogP contribution >= 0.6 is 0 Å². The highest BCUT2D eigenvalue weighted by molar-refractivity contribution is 6.43.